The van der Waals surface area contributed by atoms with E-state index in [2.05, 4.69) is 77.8 Å². The first-order chi connectivity index (χ1) is 14.7. The lowest BCUT2D eigenvalue weighted by Crippen LogP contribution is -2.36. The van der Waals surface area contributed by atoms with E-state index < -0.39 is 0 Å². The van der Waals surface area contributed by atoms with Crippen LogP contribution in [0.2, 0.25) is 0 Å². The minimum Gasteiger partial charge on any atom is -0.378 e. The number of thiocarbonyl (C=S) groups is 1. The molecule has 1 N–H and O–H groups in total. The molecule has 4 heterocycles. The van der Waals surface area contributed by atoms with Crippen LogP contribution >= 0.6 is 39.5 Å². The van der Waals surface area contributed by atoms with Gasteiger partial charge in [0.25, 0.3) is 0 Å². The molecule has 2 fully saturated rings. The zero-order valence-electron chi connectivity index (χ0n) is 16.2. The van der Waals surface area contributed by atoms with Gasteiger partial charge in [-0.1, -0.05) is 6.07 Å². The van der Waals surface area contributed by atoms with Crippen molar-refractivity contribution in [1.82, 2.24) is 10.3 Å². The summed E-state index contributed by atoms with van der Waals surface area (Å²) in [6.45, 7) is 3.42. The van der Waals surface area contributed by atoms with Crippen LogP contribution in [0.15, 0.2) is 64.6 Å². The van der Waals surface area contributed by atoms with E-state index in [1.54, 1.807) is 11.3 Å². The fraction of sp³-hybridized carbons (Fsp3) is 0.273. The van der Waals surface area contributed by atoms with Crippen molar-refractivity contribution in [2.75, 3.05) is 36.1 Å². The van der Waals surface area contributed by atoms with Gasteiger partial charge in [-0.2, -0.15) is 0 Å². The second kappa shape index (κ2) is 8.63. The van der Waals surface area contributed by atoms with Crippen LogP contribution in [0, 0.1) is 0 Å². The Hall–Kier alpha value is -2.00. The fourth-order valence-electron chi connectivity index (χ4n) is 4.05. The molecular weight excluding hydrogens is 480 g/mol. The molecule has 2 aliphatic heterocycles. The molecule has 2 saturated heterocycles. The van der Waals surface area contributed by atoms with Gasteiger partial charge in [-0.3, -0.25) is 4.98 Å². The molecule has 5 rings (SSSR count). The molecule has 5 nitrogen and oxygen atoms in total. The lowest BCUT2D eigenvalue weighted by Gasteiger charge is -2.30. The van der Waals surface area contributed by atoms with Gasteiger partial charge in [0.1, 0.15) is 0 Å². The van der Waals surface area contributed by atoms with E-state index in [4.69, 9.17) is 17.0 Å². The van der Waals surface area contributed by atoms with Gasteiger partial charge in [-0.05, 0) is 70.6 Å². The smallest absolute Gasteiger partial charge is 0.174 e. The summed E-state index contributed by atoms with van der Waals surface area (Å²) in [5, 5.41) is 6.35. The van der Waals surface area contributed by atoms with Crippen molar-refractivity contribution in [3.63, 3.8) is 0 Å². The summed E-state index contributed by atoms with van der Waals surface area (Å²) in [6.07, 6.45) is 1.83. The summed E-state index contributed by atoms with van der Waals surface area (Å²) in [5.74, 6) is 0. The third-order valence-corrected chi connectivity index (χ3v) is 7.56. The van der Waals surface area contributed by atoms with Gasteiger partial charge in [-0.25, -0.2) is 0 Å². The number of anilines is 2. The van der Waals surface area contributed by atoms with E-state index in [-0.39, 0.29) is 12.1 Å². The largest absolute Gasteiger partial charge is 0.378 e. The Balaban J connectivity index is 1.50. The van der Waals surface area contributed by atoms with Crippen molar-refractivity contribution in [3.8, 4) is 0 Å². The Morgan fingerprint density at radius 3 is 2.53 bits per heavy atom. The van der Waals surface area contributed by atoms with Gasteiger partial charge < -0.3 is 19.9 Å². The van der Waals surface area contributed by atoms with E-state index in [1.165, 1.54) is 10.6 Å². The summed E-state index contributed by atoms with van der Waals surface area (Å²) in [7, 11) is 0. The molecule has 0 saturated carbocycles. The minimum atomic E-state index is -0.0110. The van der Waals surface area contributed by atoms with Gasteiger partial charge >= 0.3 is 0 Å². The molecule has 0 bridgehead atoms. The number of thiophene rings is 1. The molecule has 1 aromatic carbocycles. The number of benzene rings is 1. The van der Waals surface area contributed by atoms with E-state index in [0.29, 0.717) is 0 Å². The third-order valence-electron chi connectivity index (χ3n) is 5.48. The van der Waals surface area contributed by atoms with Gasteiger partial charge in [-0.15, -0.1) is 11.3 Å². The molecule has 2 aliphatic rings. The van der Waals surface area contributed by atoms with Crippen LogP contribution in [0.3, 0.4) is 0 Å². The Morgan fingerprint density at radius 1 is 1.10 bits per heavy atom. The number of nitrogens with one attached hydrogen (secondary N) is 1. The average molecular weight is 501 g/mol. The highest BCUT2D eigenvalue weighted by molar-refractivity contribution is 9.10. The van der Waals surface area contributed by atoms with Gasteiger partial charge in [0, 0.05) is 45.4 Å². The summed E-state index contributed by atoms with van der Waals surface area (Å²) in [6, 6.07) is 16.9. The van der Waals surface area contributed by atoms with Crippen molar-refractivity contribution in [2.45, 2.75) is 12.1 Å². The minimum absolute atomic E-state index is 0.0110. The Labute approximate surface area is 193 Å². The lowest BCUT2D eigenvalue weighted by molar-refractivity contribution is 0.122. The first-order valence-electron chi connectivity index (χ1n) is 9.88. The molecule has 154 valence electrons. The first kappa shape index (κ1) is 19.9. The molecule has 0 unspecified atom stereocenters. The Bertz CT molecular complexity index is 1020. The monoisotopic (exact) mass is 500 g/mol. The maximum absolute atomic E-state index is 5.79. The van der Waals surface area contributed by atoms with Crippen LogP contribution in [0.1, 0.15) is 22.7 Å². The Kier molecular flexibility index (Phi) is 5.73. The molecule has 8 heteroatoms. The average Bonchev–Trinajstić information content (AvgIpc) is 3.38. The van der Waals surface area contributed by atoms with Crippen LogP contribution in [-0.4, -0.2) is 36.4 Å². The topological polar surface area (TPSA) is 40.6 Å². The lowest BCUT2D eigenvalue weighted by atomic mass is 10.0. The first-order valence-corrected chi connectivity index (χ1v) is 12.0. The molecule has 0 spiro atoms. The number of aromatic nitrogens is 1. The number of hydrogen-bond acceptors (Lipinski definition) is 5. The maximum atomic E-state index is 5.79. The van der Waals surface area contributed by atoms with Crippen molar-refractivity contribution < 1.29 is 4.74 Å². The van der Waals surface area contributed by atoms with Crippen molar-refractivity contribution in [3.05, 3.63) is 75.2 Å². The zero-order chi connectivity index (χ0) is 20.5. The summed E-state index contributed by atoms with van der Waals surface area (Å²) < 4.78 is 6.56. The standard InChI is InChI=1S/C22H21BrN4OS2/c23-15-13-19(30-14-15)21-20(18-3-1-2-8-24-18)25-22(29)27(21)17-6-4-16(5-7-17)26-9-11-28-12-10-26/h1-8,13-14,20-21H,9-12H2,(H,25,29)/t20-,21-/m1/s1. The molecule has 0 amide bonds. The predicted molar refractivity (Wildman–Crippen MR) is 129 cm³/mol. The van der Waals surface area contributed by atoms with E-state index in [1.807, 2.05) is 18.3 Å². The normalized spacial score (nSPS) is 21.7. The highest BCUT2D eigenvalue weighted by Gasteiger charge is 2.41. The molecule has 30 heavy (non-hydrogen) atoms. The van der Waals surface area contributed by atoms with Crippen LogP contribution in [0.4, 0.5) is 11.4 Å². The van der Waals surface area contributed by atoms with Gasteiger partial charge in [0.15, 0.2) is 5.11 Å². The number of morpholine rings is 1. The summed E-state index contributed by atoms with van der Waals surface area (Å²) in [5.41, 5.74) is 3.29. The van der Waals surface area contributed by atoms with Gasteiger partial charge in [0.05, 0.1) is 31.0 Å². The van der Waals surface area contributed by atoms with Crippen LogP contribution in [0.5, 0.6) is 0 Å². The highest BCUT2D eigenvalue weighted by Crippen LogP contribution is 2.44. The van der Waals surface area contributed by atoms with Crippen LogP contribution < -0.4 is 15.1 Å². The number of pyridine rings is 1. The van der Waals surface area contributed by atoms with Crippen LogP contribution in [0.25, 0.3) is 0 Å². The maximum Gasteiger partial charge on any atom is 0.174 e. The number of rotatable bonds is 4. The molecule has 2 atom stereocenters. The fourth-order valence-corrected chi connectivity index (χ4v) is 5.97. The molecule has 3 aromatic rings. The van der Waals surface area contributed by atoms with E-state index >= 15 is 0 Å². The van der Waals surface area contributed by atoms with E-state index in [9.17, 15) is 0 Å². The number of nitrogens with zero attached hydrogens (tertiary/aromatic N) is 3. The SMILES string of the molecule is S=C1N[C@H](c2ccccn2)[C@@H](c2cc(Br)cs2)N1c1ccc(N2CCOCC2)cc1. The molecule has 2 aromatic heterocycles. The summed E-state index contributed by atoms with van der Waals surface area (Å²) >= 11 is 11.1. The number of hydrogen-bond donors (Lipinski definition) is 1. The Morgan fingerprint density at radius 2 is 1.87 bits per heavy atom. The zero-order valence-corrected chi connectivity index (χ0v) is 19.4. The van der Waals surface area contributed by atoms with Gasteiger partial charge in [0.2, 0.25) is 0 Å². The number of ether oxygens (including phenoxy) is 1. The van der Waals surface area contributed by atoms with Crippen molar-refractivity contribution >= 4 is 56.0 Å². The molecular formula is C22H21BrN4OS2. The van der Waals surface area contributed by atoms with E-state index in [0.717, 1.165) is 47.3 Å². The quantitative estimate of drug-likeness (QED) is 0.512. The van der Waals surface area contributed by atoms with Crippen molar-refractivity contribution in [1.29, 1.82) is 0 Å². The van der Waals surface area contributed by atoms with Crippen LogP contribution in [-0.2, 0) is 4.74 Å². The highest BCUT2D eigenvalue weighted by atomic mass is 79.9. The predicted octanol–water partition coefficient (Wildman–Crippen LogP) is 4.92. The molecule has 0 aliphatic carbocycles. The molecule has 0 radical (unpaired) electrons. The second-order valence-electron chi connectivity index (χ2n) is 7.28. The van der Waals surface area contributed by atoms with Crippen molar-refractivity contribution in [2.24, 2.45) is 0 Å². The number of halogens is 1. The summed E-state index contributed by atoms with van der Waals surface area (Å²) in [4.78, 5) is 10.4. The third kappa shape index (κ3) is 3.85. The second-order valence-corrected chi connectivity index (χ2v) is 9.52.